The monoisotopic (exact) mass is 551 g/mol. The Hall–Kier alpha value is -4.18. The van der Waals surface area contributed by atoms with E-state index in [2.05, 4.69) is 28.6 Å². The summed E-state index contributed by atoms with van der Waals surface area (Å²) in [5.74, 6) is -1.48. The summed E-state index contributed by atoms with van der Waals surface area (Å²) in [5.41, 5.74) is 2.59. The second kappa shape index (κ2) is 10.9. The summed E-state index contributed by atoms with van der Waals surface area (Å²) >= 11 is 1.68. The number of hydrogen-bond donors (Lipinski definition) is 2. The van der Waals surface area contributed by atoms with Crippen molar-refractivity contribution in [2.75, 3.05) is 6.54 Å². The van der Waals surface area contributed by atoms with Crippen molar-refractivity contribution in [3.05, 3.63) is 90.1 Å². The molecule has 2 heterocycles. The van der Waals surface area contributed by atoms with Crippen molar-refractivity contribution in [3.8, 4) is 10.4 Å². The molecule has 1 amide bonds. The third kappa shape index (κ3) is 6.12. The summed E-state index contributed by atoms with van der Waals surface area (Å²) in [4.78, 5) is 24.1. The molecule has 5 aromatic rings. The van der Waals surface area contributed by atoms with Gasteiger partial charge in [-0.1, -0.05) is 36.4 Å². The highest BCUT2D eigenvalue weighted by Gasteiger charge is 2.30. The first-order valence-electron chi connectivity index (χ1n) is 12.3. The van der Waals surface area contributed by atoms with E-state index in [0.717, 1.165) is 21.2 Å². The Labute approximate surface area is 225 Å². The lowest BCUT2D eigenvalue weighted by molar-refractivity contribution is -0.137. The Morgan fingerprint density at radius 2 is 1.77 bits per heavy atom. The highest BCUT2D eigenvalue weighted by atomic mass is 32.1. The second-order valence-electron chi connectivity index (χ2n) is 9.20. The maximum atomic E-state index is 13.2. The number of nitrogens with one attached hydrogen (secondary N) is 1. The maximum Gasteiger partial charge on any atom is 0.389 e. The standard InChI is InChI=1S/C29H24F3N3O3S/c30-29(31,32)13-11-24(18-5-7-19(8-6-18)28(38)33-14-12-27(36)37)35-23-10-9-21(15-22(23)17-34-35)26-16-20-3-1-2-4-25(20)39-26/h1-10,15-17,24H,11-14H2,(H,33,38)(H,36,37). The maximum absolute atomic E-state index is 13.2. The van der Waals surface area contributed by atoms with E-state index in [4.69, 9.17) is 5.11 Å². The molecule has 0 spiro atoms. The summed E-state index contributed by atoms with van der Waals surface area (Å²) in [6.07, 6.45) is -4.09. The largest absolute Gasteiger partial charge is 0.481 e. The number of alkyl halides is 3. The van der Waals surface area contributed by atoms with Crippen LogP contribution in [-0.2, 0) is 4.79 Å². The van der Waals surface area contributed by atoms with Gasteiger partial charge in [0.25, 0.3) is 5.91 Å². The van der Waals surface area contributed by atoms with Crippen molar-refractivity contribution < 1.29 is 27.9 Å². The first-order valence-corrected chi connectivity index (χ1v) is 13.1. The lowest BCUT2D eigenvalue weighted by Gasteiger charge is -2.20. The van der Waals surface area contributed by atoms with Crippen LogP contribution < -0.4 is 5.32 Å². The molecule has 0 aliphatic rings. The molecule has 3 aromatic carbocycles. The highest BCUT2D eigenvalue weighted by molar-refractivity contribution is 7.22. The van der Waals surface area contributed by atoms with Crippen LogP contribution in [0.15, 0.2) is 79.0 Å². The summed E-state index contributed by atoms with van der Waals surface area (Å²) < 4.78 is 42.5. The van der Waals surface area contributed by atoms with Crippen LogP contribution in [0.1, 0.15) is 41.2 Å². The SMILES string of the molecule is O=C(O)CCNC(=O)c1ccc(C(CCC(F)(F)F)n2ncc3cc(-c4cc5ccccc5s4)ccc32)cc1. The minimum Gasteiger partial charge on any atom is -0.481 e. The van der Waals surface area contributed by atoms with Crippen molar-refractivity contribution >= 4 is 44.2 Å². The number of aromatic nitrogens is 2. The minimum atomic E-state index is -4.33. The molecular formula is C29H24F3N3O3S. The number of fused-ring (bicyclic) bond motifs is 2. The molecule has 0 bridgehead atoms. The van der Waals surface area contributed by atoms with Gasteiger partial charge in [-0.25, -0.2) is 0 Å². The zero-order valence-electron chi connectivity index (χ0n) is 20.6. The Bertz CT molecular complexity index is 1610. The average molecular weight is 552 g/mol. The number of carbonyl (C=O) groups is 2. The van der Waals surface area contributed by atoms with Crippen LogP contribution in [0.25, 0.3) is 31.4 Å². The summed E-state index contributed by atoms with van der Waals surface area (Å²) in [6.45, 7) is -0.0209. The van der Waals surface area contributed by atoms with Crippen LogP contribution in [0.2, 0.25) is 0 Å². The molecule has 0 radical (unpaired) electrons. The number of hydrogen-bond acceptors (Lipinski definition) is 4. The van der Waals surface area contributed by atoms with Crippen LogP contribution >= 0.6 is 11.3 Å². The predicted octanol–water partition coefficient (Wildman–Crippen LogP) is 7.05. The molecule has 1 atom stereocenters. The normalized spacial score (nSPS) is 12.6. The van der Waals surface area contributed by atoms with Gasteiger partial charge in [-0.15, -0.1) is 11.3 Å². The molecule has 2 aromatic heterocycles. The summed E-state index contributed by atoms with van der Waals surface area (Å²) in [6, 6.07) is 21.6. The van der Waals surface area contributed by atoms with E-state index in [1.54, 1.807) is 34.3 Å². The van der Waals surface area contributed by atoms with E-state index in [9.17, 15) is 22.8 Å². The molecule has 39 heavy (non-hydrogen) atoms. The van der Waals surface area contributed by atoms with Crippen LogP contribution in [0.5, 0.6) is 0 Å². The highest BCUT2D eigenvalue weighted by Crippen LogP contribution is 2.36. The number of carboxylic acid groups (broad SMARTS) is 1. The van der Waals surface area contributed by atoms with Gasteiger partial charge >= 0.3 is 12.1 Å². The van der Waals surface area contributed by atoms with Crippen molar-refractivity contribution in [1.82, 2.24) is 15.1 Å². The van der Waals surface area contributed by atoms with Crippen LogP contribution in [-0.4, -0.2) is 39.5 Å². The van der Waals surface area contributed by atoms with Crippen LogP contribution in [0.3, 0.4) is 0 Å². The molecule has 6 nitrogen and oxygen atoms in total. The number of thiophene rings is 1. The predicted molar refractivity (Wildman–Crippen MR) is 145 cm³/mol. The zero-order chi connectivity index (χ0) is 27.6. The number of aliphatic carboxylic acids is 1. The van der Waals surface area contributed by atoms with Gasteiger partial charge in [0.1, 0.15) is 0 Å². The quantitative estimate of drug-likeness (QED) is 0.206. The second-order valence-corrected chi connectivity index (χ2v) is 10.3. The van der Waals surface area contributed by atoms with Gasteiger partial charge in [-0.3, -0.25) is 14.3 Å². The Kier molecular flexibility index (Phi) is 7.38. The summed E-state index contributed by atoms with van der Waals surface area (Å²) in [5, 5.41) is 17.7. The Balaban J connectivity index is 1.44. The fourth-order valence-corrected chi connectivity index (χ4v) is 5.61. The molecule has 2 N–H and O–H groups in total. The number of carboxylic acids is 1. The molecule has 0 aliphatic heterocycles. The average Bonchev–Trinajstić information content (AvgIpc) is 3.52. The van der Waals surface area contributed by atoms with E-state index in [-0.39, 0.29) is 24.9 Å². The molecule has 0 saturated heterocycles. The number of amides is 1. The van der Waals surface area contributed by atoms with E-state index in [1.807, 2.05) is 30.3 Å². The van der Waals surface area contributed by atoms with Gasteiger partial charge in [0.2, 0.25) is 0 Å². The van der Waals surface area contributed by atoms with Gasteiger partial charge in [0, 0.05) is 33.5 Å². The van der Waals surface area contributed by atoms with E-state index < -0.39 is 30.5 Å². The lowest BCUT2D eigenvalue weighted by Crippen LogP contribution is -2.26. The molecule has 5 rings (SSSR count). The molecule has 0 fully saturated rings. The molecular weight excluding hydrogens is 527 g/mol. The number of rotatable bonds is 9. The van der Waals surface area contributed by atoms with Crippen LogP contribution in [0, 0.1) is 0 Å². The minimum absolute atomic E-state index is 0.0209. The van der Waals surface area contributed by atoms with Gasteiger partial charge in [-0.2, -0.15) is 18.3 Å². The molecule has 0 aliphatic carbocycles. The van der Waals surface area contributed by atoms with Gasteiger partial charge in [-0.05, 0) is 59.3 Å². The molecule has 10 heteroatoms. The number of carbonyl (C=O) groups excluding carboxylic acids is 1. The van der Waals surface area contributed by atoms with Crippen LogP contribution in [0.4, 0.5) is 13.2 Å². The Morgan fingerprint density at radius 3 is 2.49 bits per heavy atom. The first kappa shape index (κ1) is 26.4. The molecule has 200 valence electrons. The van der Waals surface area contributed by atoms with Crippen molar-refractivity contribution in [3.63, 3.8) is 0 Å². The number of halogens is 3. The van der Waals surface area contributed by atoms with E-state index in [0.29, 0.717) is 11.1 Å². The lowest BCUT2D eigenvalue weighted by atomic mass is 9.99. The van der Waals surface area contributed by atoms with Crippen molar-refractivity contribution in [2.45, 2.75) is 31.5 Å². The fourth-order valence-electron chi connectivity index (χ4n) is 4.55. The van der Waals surface area contributed by atoms with E-state index >= 15 is 0 Å². The topological polar surface area (TPSA) is 84.2 Å². The van der Waals surface area contributed by atoms with E-state index in [1.165, 1.54) is 16.8 Å². The number of nitrogens with zero attached hydrogens (tertiary/aromatic N) is 2. The van der Waals surface area contributed by atoms with Gasteiger partial charge in [0.05, 0.1) is 24.2 Å². The number of benzene rings is 3. The smallest absolute Gasteiger partial charge is 0.389 e. The molecule has 0 saturated carbocycles. The zero-order valence-corrected chi connectivity index (χ0v) is 21.4. The fraction of sp³-hybridized carbons (Fsp3) is 0.207. The third-order valence-electron chi connectivity index (χ3n) is 6.48. The Morgan fingerprint density at radius 1 is 1.00 bits per heavy atom. The van der Waals surface area contributed by atoms with Gasteiger partial charge < -0.3 is 10.4 Å². The molecule has 1 unspecified atom stereocenters. The van der Waals surface area contributed by atoms with Crippen molar-refractivity contribution in [2.24, 2.45) is 0 Å². The van der Waals surface area contributed by atoms with Gasteiger partial charge in [0.15, 0.2) is 0 Å². The summed E-state index contributed by atoms with van der Waals surface area (Å²) in [7, 11) is 0. The van der Waals surface area contributed by atoms with Crippen molar-refractivity contribution in [1.29, 1.82) is 0 Å². The first-order chi connectivity index (χ1) is 18.7. The third-order valence-corrected chi connectivity index (χ3v) is 7.65.